The van der Waals surface area contributed by atoms with Gasteiger partial charge < -0.3 is 25.2 Å². The molecule has 9 heteroatoms. The zero-order valence-corrected chi connectivity index (χ0v) is 21.2. The van der Waals surface area contributed by atoms with Gasteiger partial charge in [-0.05, 0) is 54.1 Å². The number of thioether (sulfide) groups is 2. The number of rotatable bonds is 12. The van der Waals surface area contributed by atoms with E-state index in [0.29, 0.717) is 22.8 Å². The maximum atomic E-state index is 13.0. The van der Waals surface area contributed by atoms with E-state index in [1.54, 1.807) is 41.7 Å². The van der Waals surface area contributed by atoms with Crippen LogP contribution in [-0.2, 0) is 4.79 Å². The topological polar surface area (TPSA) is 96.9 Å². The van der Waals surface area contributed by atoms with Crippen molar-refractivity contribution in [3.63, 3.8) is 0 Å². The Labute approximate surface area is 219 Å². The first-order valence-corrected chi connectivity index (χ1v) is 13.6. The number of carbonyl (C=O) groups excluding carboxylic acids is 1. The van der Waals surface area contributed by atoms with Crippen LogP contribution >= 0.6 is 23.5 Å². The number of hydrogen-bond acceptors (Lipinski definition) is 6. The zero-order valence-electron chi connectivity index (χ0n) is 19.6. The minimum absolute atomic E-state index is 0.103. The van der Waals surface area contributed by atoms with Gasteiger partial charge in [0.1, 0.15) is 0 Å². The maximum absolute atomic E-state index is 13.0. The fourth-order valence-corrected chi connectivity index (χ4v) is 5.67. The van der Waals surface area contributed by atoms with Gasteiger partial charge in [-0.1, -0.05) is 42.5 Å². The van der Waals surface area contributed by atoms with Gasteiger partial charge in [-0.15, -0.1) is 23.5 Å². The summed E-state index contributed by atoms with van der Waals surface area (Å²) in [5.41, 5.74) is 0.645. The van der Waals surface area contributed by atoms with Crippen LogP contribution in [-0.4, -0.2) is 41.4 Å². The lowest BCUT2D eigenvalue weighted by atomic mass is 10.0. The summed E-state index contributed by atoms with van der Waals surface area (Å²) >= 11 is 3.42. The Morgan fingerprint density at radius 3 is 2.22 bits per heavy atom. The molecule has 2 amide bonds. The third-order valence-corrected chi connectivity index (χ3v) is 7.71. The Morgan fingerprint density at radius 1 is 0.861 bits per heavy atom. The van der Waals surface area contributed by atoms with Gasteiger partial charge in [0, 0.05) is 21.6 Å². The van der Waals surface area contributed by atoms with E-state index in [-0.39, 0.29) is 19.3 Å². The number of amides is 2. The smallest absolute Gasteiger partial charge is 0.315 e. The Kier molecular flexibility index (Phi) is 9.40. The van der Waals surface area contributed by atoms with Crippen molar-refractivity contribution >= 4 is 35.5 Å². The van der Waals surface area contributed by atoms with Crippen molar-refractivity contribution < 1.29 is 24.2 Å². The average molecular weight is 525 g/mol. The lowest BCUT2D eigenvalue weighted by Crippen LogP contribution is -2.45. The molecule has 0 unspecified atom stereocenters. The molecular formula is C27H28N2O5S2. The van der Waals surface area contributed by atoms with Crippen molar-refractivity contribution in [3.05, 3.63) is 84.4 Å². The Balaban J connectivity index is 1.39. The second-order valence-electron chi connectivity index (χ2n) is 8.15. The first kappa shape index (κ1) is 25.8. The number of carboxylic acid groups (broad SMARTS) is 1. The van der Waals surface area contributed by atoms with Crippen LogP contribution in [0, 0.1) is 0 Å². The first-order chi connectivity index (χ1) is 17.6. The molecule has 0 aliphatic carbocycles. The Hall–Kier alpha value is -3.30. The second-order valence-corrected chi connectivity index (χ2v) is 10.4. The van der Waals surface area contributed by atoms with E-state index < -0.39 is 18.0 Å². The largest absolute Gasteiger partial charge is 0.481 e. The molecule has 4 rings (SSSR count). The summed E-state index contributed by atoms with van der Waals surface area (Å²) in [6, 6.07) is 24.2. The van der Waals surface area contributed by atoms with E-state index in [9.17, 15) is 14.7 Å². The van der Waals surface area contributed by atoms with Crippen LogP contribution in [0.1, 0.15) is 24.4 Å². The van der Waals surface area contributed by atoms with Crippen molar-refractivity contribution in [2.45, 2.75) is 34.7 Å². The summed E-state index contributed by atoms with van der Waals surface area (Å²) in [4.78, 5) is 26.8. The number of fused-ring (bicyclic) bond motifs is 1. The molecule has 0 spiro atoms. The second kappa shape index (κ2) is 13.1. The SMILES string of the molecule is O=C(O)C[C@H](NC(=O)N[C@@H](CCSc1ccccc1)CSc1ccccc1)c1ccc2c(c1)OCO2. The average Bonchev–Trinajstić information content (AvgIpc) is 3.36. The van der Waals surface area contributed by atoms with Crippen LogP contribution in [0.5, 0.6) is 11.5 Å². The van der Waals surface area contributed by atoms with Gasteiger partial charge in [0.15, 0.2) is 11.5 Å². The molecule has 0 saturated heterocycles. The molecule has 2 atom stereocenters. The zero-order chi connectivity index (χ0) is 25.2. The number of benzene rings is 3. The van der Waals surface area contributed by atoms with Gasteiger partial charge in [0.25, 0.3) is 0 Å². The highest BCUT2D eigenvalue weighted by atomic mass is 32.2. The molecule has 0 aromatic heterocycles. The molecule has 3 N–H and O–H groups in total. The van der Waals surface area contributed by atoms with Gasteiger partial charge in [-0.25, -0.2) is 4.79 Å². The van der Waals surface area contributed by atoms with E-state index in [0.717, 1.165) is 17.1 Å². The van der Waals surface area contributed by atoms with E-state index in [1.165, 1.54) is 4.90 Å². The minimum Gasteiger partial charge on any atom is -0.481 e. The van der Waals surface area contributed by atoms with E-state index >= 15 is 0 Å². The number of ether oxygens (including phenoxy) is 2. The van der Waals surface area contributed by atoms with E-state index in [1.807, 2.05) is 48.5 Å². The van der Waals surface area contributed by atoms with Crippen LogP contribution in [0.25, 0.3) is 0 Å². The summed E-state index contributed by atoms with van der Waals surface area (Å²) in [6.45, 7) is 0.123. The summed E-state index contributed by atoms with van der Waals surface area (Å²) in [7, 11) is 0. The number of carbonyl (C=O) groups is 2. The molecule has 1 aliphatic heterocycles. The highest BCUT2D eigenvalue weighted by Gasteiger charge is 2.23. The van der Waals surface area contributed by atoms with Crippen molar-refractivity contribution in [1.82, 2.24) is 10.6 Å². The molecule has 36 heavy (non-hydrogen) atoms. The van der Waals surface area contributed by atoms with Gasteiger partial charge in [0.05, 0.1) is 12.5 Å². The molecule has 188 valence electrons. The van der Waals surface area contributed by atoms with E-state index in [2.05, 4.69) is 22.8 Å². The number of nitrogens with one attached hydrogen (secondary N) is 2. The van der Waals surface area contributed by atoms with Crippen molar-refractivity contribution in [2.24, 2.45) is 0 Å². The summed E-state index contributed by atoms with van der Waals surface area (Å²) in [5.74, 6) is 1.67. The number of carboxylic acids is 1. The molecule has 7 nitrogen and oxygen atoms in total. The highest BCUT2D eigenvalue weighted by molar-refractivity contribution is 7.99. The Morgan fingerprint density at radius 2 is 1.53 bits per heavy atom. The first-order valence-electron chi connectivity index (χ1n) is 11.6. The lowest BCUT2D eigenvalue weighted by Gasteiger charge is -2.22. The monoisotopic (exact) mass is 524 g/mol. The summed E-state index contributed by atoms with van der Waals surface area (Å²) in [5, 5.41) is 15.3. The standard InChI is InChI=1S/C27H28N2O5S2/c30-26(31)16-23(19-11-12-24-25(15-19)34-18-33-24)29-27(32)28-20(17-36-22-9-5-2-6-10-22)13-14-35-21-7-3-1-4-8-21/h1-12,15,20,23H,13-14,16-18H2,(H,30,31)(H2,28,29,32)/t20-,23-/m0/s1. The number of urea groups is 1. The van der Waals surface area contributed by atoms with Crippen molar-refractivity contribution in [2.75, 3.05) is 18.3 Å². The van der Waals surface area contributed by atoms with Gasteiger partial charge in [-0.2, -0.15) is 0 Å². The highest BCUT2D eigenvalue weighted by Crippen LogP contribution is 2.35. The minimum atomic E-state index is -1.01. The lowest BCUT2D eigenvalue weighted by molar-refractivity contribution is -0.137. The van der Waals surface area contributed by atoms with Crippen LogP contribution in [0.2, 0.25) is 0 Å². The maximum Gasteiger partial charge on any atom is 0.315 e. The van der Waals surface area contributed by atoms with Crippen molar-refractivity contribution in [3.8, 4) is 11.5 Å². The van der Waals surface area contributed by atoms with Crippen molar-refractivity contribution in [1.29, 1.82) is 0 Å². The van der Waals surface area contributed by atoms with Crippen LogP contribution in [0.15, 0.2) is 88.7 Å². The van der Waals surface area contributed by atoms with Crippen LogP contribution < -0.4 is 20.1 Å². The molecule has 3 aromatic carbocycles. The normalized spacial score (nSPS) is 13.6. The predicted molar refractivity (Wildman–Crippen MR) is 142 cm³/mol. The molecule has 0 fully saturated rings. The van der Waals surface area contributed by atoms with Gasteiger partial charge >= 0.3 is 12.0 Å². The number of hydrogen-bond donors (Lipinski definition) is 3. The fourth-order valence-electron chi connectivity index (χ4n) is 3.69. The van der Waals surface area contributed by atoms with Gasteiger partial charge in [-0.3, -0.25) is 4.79 Å². The Bertz CT molecular complexity index is 1150. The molecule has 0 bridgehead atoms. The molecule has 0 saturated carbocycles. The third-order valence-electron chi connectivity index (χ3n) is 5.49. The molecule has 0 radical (unpaired) electrons. The van der Waals surface area contributed by atoms with Gasteiger partial charge in [0.2, 0.25) is 6.79 Å². The fraction of sp³-hybridized carbons (Fsp3) is 0.259. The quantitative estimate of drug-likeness (QED) is 0.266. The van der Waals surface area contributed by atoms with E-state index in [4.69, 9.17) is 9.47 Å². The molecule has 1 aliphatic rings. The van der Waals surface area contributed by atoms with Crippen LogP contribution in [0.4, 0.5) is 4.79 Å². The predicted octanol–water partition coefficient (Wildman–Crippen LogP) is 5.57. The molecular weight excluding hydrogens is 496 g/mol. The van der Waals surface area contributed by atoms with Crippen LogP contribution in [0.3, 0.4) is 0 Å². The summed E-state index contributed by atoms with van der Waals surface area (Å²) < 4.78 is 10.8. The number of aliphatic carboxylic acids is 1. The molecule has 3 aromatic rings. The summed E-state index contributed by atoms with van der Waals surface area (Å²) in [6.07, 6.45) is 0.515. The molecule has 1 heterocycles. The third kappa shape index (κ3) is 7.86.